The van der Waals surface area contributed by atoms with Gasteiger partial charge in [0.25, 0.3) is 0 Å². The average molecular weight is 239 g/mol. The normalized spacial score (nSPS) is 10.7. The zero-order chi connectivity index (χ0) is 12.5. The zero-order valence-electron chi connectivity index (χ0n) is 9.51. The summed E-state index contributed by atoms with van der Waals surface area (Å²) in [5, 5.41) is 0.516. The van der Waals surface area contributed by atoms with E-state index in [1.807, 2.05) is 18.2 Å². The number of hydrogen-bond donors (Lipinski definition) is 0. The Labute approximate surface area is 103 Å². The molecule has 2 nitrogen and oxygen atoms in total. The topological polar surface area (TPSA) is 22.0 Å². The van der Waals surface area contributed by atoms with Crippen LogP contribution in [0.2, 0.25) is 0 Å². The van der Waals surface area contributed by atoms with E-state index < -0.39 is 5.95 Å². The Bertz CT molecular complexity index is 762. The second kappa shape index (κ2) is 4.11. The minimum atomic E-state index is -0.551. The van der Waals surface area contributed by atoms with Crippen LogP contribution in [0.3, 0.4) is 0 Å². The summed E-state index contributed by atoms with van der Waals surface area (Å²) < 4.78 is 15.5. The predicted octanol–water partition coefficient (Wildman–Crippen LogP) is 3.13. The summed E-state index contributed by atoms with van der Waals surface area (Å²) in [5.74, 6) is -0.551. The second-order valence-corrected chi connectivity index (χ2v) is 4.02. The van der Waals surface area contributed by atoms with E-state index >= 15 is 0 Å². The molecule has 1 aromatic heterocycles. The summed E-state index contributed by atoms with van der Waals surface area (Å²) >= 11 is 0. The molecule has 3 heteroatoms. The van der Waals surface area contributed by atoms with Gasteiger partial charge in [-0.3, -0.25) is 9.36 Å². The molecule has 0 radical (unpaired) electrons. The number of benzene rings is 2. The van der Waals surface area contributed by atoms with Gasteiger partial charge in [0.1, 0.15) is 0 Å². The fraction of sp³-hybridized carbons (Fsp3) is 0. The largest absolute Gasteiger partial charge is 0.289 e. The maximum absolute atomic E-state index is 14.0. The number of rotatable bonds is 1. The van der Waals surface area contributed by atoms with Gasteiger partial charge in [-0.1, -0.05) is 30.3 Å². The maximum Gasteiger partial charge on any atom is 0.202 e. The third-order valence-electron chi connectivity index (χ3n) is 2.89. The van der Waals surface area contributed by atoms with E-state index in [4.69, 9.17) is 0 Å². The molecule has 0 aliphatic carbocycles. The Morgan fingerprint density at radius 1 is 0.889 bits per heavy atom. The molecular weight excluding hydrogens is 229 g/mol. The van der Waals surface area contributed by atoms with Gasteiger partial charge in [0, 0.05) is 17.1 Å². The molecule has 0 fully saturated rings. The molecule has 0 N–H and O–H groups in total. The number of pyridine rings is 1. The van der Waals surface area contributed by atoms with Crippen LogP contribution in [0.4, 0.5) is 4.39 Å². The van der Waals surface area contributed by atoms with Crippen LogP contribution in [-0.2, 0) is 0 Å². The number of fused-ring (bicyclic) bond motifs is 1. The van der Waals surface area contributed by atoms with Crippen molar-refractivity contribution in [1.29, 1.82) is 0 Å². The number of halogens is 1. The molecule has 0 saturated carbocycles. The van der Waals surface area contributed by atoms with Crippen LogP contribution in [0, 0.1) is 5.95 Å². The molecule has 3 rings (SSSR count). The van der Waals surface area contributed by atoms with Gasteiger partial charge in [-0.2, -0.15) is 4.39 Å². The summed E-state index contributed by atoms with van der Waals surface area (Å²) in [6, 6.07) is 17.2. The summed E-state index contributed by atoms with van der Waals surface area (Å²) in [6.07, 6.45) is 0. The predicted molar refractivity (Wildman–Crippen MR) is 69.5 cm³/mol. The molecule has 88 valence electrons. The van der Waals surface area contributed by atoms with Gasteiger partial charge < -0.3 is 0 Å². The van der Waals surface area contributed by atoms with Crippen LogP contribution in [0.25, 0.3) is 16.6 Å². The summed E-state index contributed by atoms with van der Waals surface area (Å²) in [4.78, 5) is 11.7. The molecule has 1 heterocycles. The second-order valence-electron chi connectivity index (χ2n) is 4.02. The van der Waals surface area contributed by atoms with Crippen molar-refractivity contribution in [3.05, 3.63) is 76.8 Å². The standard InChI is InChI=1S/C15H10FNO/c16-15-10-14(18)12-8-4-5-9-13(12)17(15)11-6-2-1-3-7-11/h1-10H. The van der Waals surface area contributed by atoms with Crippen molar-refractivity contribution < 1.29 is 4.39 Å². The molecule has 0 atom stereocenters. The van der Waals surface area contributed by atoms with Gasteiger partial charge in [0.15, 0.2) is 5.43 Å². The highest BCUT2D eigenvalue weighted by molar-refractivity contribution is 5.80. The van der Waals surface area contributed by atoms with Gasteiger partial charge in [-0.25, -0.2) is 0 Å². The SMILES string of the molecule is O=c1cc(F)n(-c2ccccc2)c2ccccc12. The highest BCUT2D eigenvalue weighted by atomic mass is 19.1. The lowest BCUT2D eigenvalue weighted by molar-refractivity contribution is 0.557. The minimum absolute atomic E-state index is 0.296. The Morgan fingerprint density at radius 3 is 2.33 bits per heavy atom. The molecule has 0 aliphatic heterocycles. The lowest BCUT2D eigenvalue weighted by Gasteiger charge is -2.11. The Kier molecular flexibility index (Phi) is 2.45. The zero-order valence-corrected chi connectivity index (χ0v) is 9.51. The third-order valence-corrected chi connectivity index (χ3v) is 2.89. The van der Waals surface area contributed by atoms with Crippen LogP contribution in [-0.4, -0.2) is 4.57 Å². The lowest BCUT2D eigenvalue weighted by atomic mass is 10.2. The number of para-hydroxylation sites is 2. The van der Waals surface area contributed by atoms with Crippen molar-refractivity contribution in [1.82, 2.24) is 4.57 Å². The fourth-order valence-corrected chi connectivity index (χ4v) is 2.08. The highest BCUT2D eigenvalue weighted by Crippen LogP contribution is 2.17. The summed E-state index contributed by atoms with van der Waals surface area (Å²) in [6.45, 7) is 0. The minimum Gasteiger partial charge on any atom is -0.289 e. The molecule has 0 spiro atoms. The quantitative estimate of drug-likeness (QED) is 0.598. The number of nitrogens with zero attached hydrogens (tertiary/aromatic N) is 1. The van der Waals surface area contributed by atoms with Crippen LogP contribution < -0.4 is 5.43 Å². The lowest BCUT2D eigenvalue weighted by Crippen LogP contribution is -2.11. The molecule has 0 bridgehead atoms. The van der Waals surface area contributed by atoms with Crippen molar-refractivity contribution in [2.24, 2.45) is 0 Å². The maximum atomic E-state index is 14.0. The first-order chi connectivity index (χ1) is 8.77. The molecule has 3 aromatic rings. The van der Waals surface area contributed by atoms with E-state index in [9.17, 15) is 9.18 Å². The van der Waals surface area contributed by atoms with E-state index in [1.165, 1.54) is 4.57 Å². The molecular formula is C15H10FNO. The van der Waals surface area contributed by atoms with E-state index in [-0.39, 0.29) is 5.43 Å². The Morgan fingerprint density at radius 2 is 1.56 bits per heavy atom. The van der Waals surface area contributed by atoms with Crippen molar-refractivity contribution >= 4 is 10.9 Å². The summed E-state index contributed by atoms with van der Waals surface area (Å²) in [7, 11) is 0. The van der Waals surface area contributed by atoms with Gasteiger partial charge in [-0.15, -0.1) is 0 Å². The molecule has 0 amide bonds. The van der Waals surface area contributed by atoms with Crippen LogP contribution in [0.5, 0.6) is 0 Å². The van der Waals surface area contributed by atoms with E-state index in [2.05, 4.69) is 0 Å². The van der Waals surface area contributed by atoms with E-state index in [1.54, 1.807) is 36.4 Å². The van der Waals surface area contributed by atoms with Gasteiger partial charge in [0.2, 0.25) is 5.95 Å². The molecule has 0 unspecified atom stereocenters. The molecule has 0 aliphatic rings. The Hall–Kier alpha value is -2.42. The smallest absolute Gasteiger partial charge is 0.202 e. The van der Waals surface area contributed by atoms with Crippen molar-refractivity contribution in [3.63, 3.8) is 0 Å². The van der Waals surface area contributed by atoms with Crippen molar-refractivity contribution in [2.45, 2.75) is 0 Å². The number of hydrogen-bond acceptors (Lipinski definition) is 1. The highest BCUT2D eigenvalue weighted by Gasteiger charge is 2.09. The van der Waals surface area contributed by atoms with Crippen molar-refractivity contribution in [3.8, 4) is 5.69 Å². The average Bonchev–Trinajstić information content (AvgIpc) is 2.40. The Balaban J connectivity index is 2.46. The number of aromatic nitrogens is 1. The van der Waals surface area contributed by atoms with Gasteiger partial charge >= 0.3 is 0 Å². The first kappa shape index (κ1) is 10.7. The van der Waals surface area contributed by atoms with Crippen LogP contribution >= 0.6 is 0 Å². The third kappa shape index (κ3) is 1.61. The first-order valence-electron chi connectivity index (χ1n) is 5.63. The summed E-state index contributed by atoms with van der Waals surface area (Å²) in [5.41, 5.74) is 0.982. The van der Waals surface area contributed by atoms with Crippen LogP contribution in [0.15, 0.2) is 65.5 Å². The van der Waals surface area contributed by atoms with Gasteiger partial charge in [-0.05, 0) is 24.3 Å². The molecule has 2 aromatic carbocycles. The molecule has 0 saturated heterocycles. The van der Waals surface area contributed by atoms with Gasteiger partial charge in [0.05, 0.1) is 5.52 Å². The van der Waals surface area contributed by atoms with Crippen LogP contribution in [0.1, 0.15) is 0 Å². The first-order valence-corrected chi connectivity index (χ1v) is 5.63. The molecule has 18 heavy (non-hydrogen) atoms. The van der Waals surface area contributed by atoms with Crippen molar-refractivity contribution in [2.75, 3.05) is 0 Å². The van der Waals surface area contributed by atoms with E-state index in [0.29, 0.717) is 16.6 Å². The van der Waals surface area contributed by atoms with E-state index in [0.717, 1.165) is 6.07 Å². The fourth-order valence-electron chi connectivity index (χ4n) is 2.08. The monoisotopic (exact) mass is 239 g/mol.